The Morgan fingerprint density at radius 1 is 0.905 bits per heavy atom. The van der Waals surface area contributed by atoms with Gasteiger partial charge in [-0.15, -0.1) is 0 Å². The van der Waals surface area contributed by atoms with Crippen molar-refractivity contribution in [1.82, 2.24) is 5.32 Å². The van der Waals surface area contributed by atoms with E-state index in [1.807, 2.05) is 59.8 Å². The van der Waals surface area contributed by atoms with Crippen LogP contribution in [0.2, 0.25) is 0 Å². The van der Waals surface area contributed by atoms with Crippen LogP contribution in [-0.4, -0.2) is 106 Å². The zero-order chi connectivity index (χ0) is 46.2. The molecule has 0 bridgehead atoms. The monoisotopic (exact) mass is 884 g/mol. The fraction of sp³-hybridized carbons (Fsp3) is 0.780. The summed E-state index contributed by atoms with van der Waals surface area (Å²) in [6, 6.07) is 6.30. The minimum absolute atomic E-state index is 0.0362. The molecular formula is C50H77NO12. The van der Waals surface area contributed by atoms with Gasteiger partial charge in [-0.25, -0.2) is 0 Å². The lowest BCUT2D eigenvalue weighted by Crippen LogP contribution is -2.65. The van der Waals surface area contributed by atoms with Gasteiger partial charge in [0.15, 0.2) is 11.6 Å². The summed E-state index contributed by atoms with van der Waals surface area (Å²) in [6.45, 7) is 19.6. The number of benzene rings is 1. The zero-order valence-electron chi connectivity index (χ0n) is 39.6. The van der Waals surface area contributed by atoms with Gasteiger partial charge in [-0.1, -0.05) is 73.6 Å². The predicted molar refractivity (Wildman–Crippen MR) is 237 cm³/mol. The molecule has 0 saturated carbocycles. The number of ether oxygens (including phenoxy) is 6. The standard InChI is InChI=1S/C50H77NO12/c1-12-34(46(55)56)38-20-19-28(4)43(60-38)32(8)41(52)31(7)42(53)35(13-2)44-29(5)27-30(6)49(61-44)24-21-39(51-45(54)36-17-15-16-18-37(36)58-11)50(63-49)26-25-47(10,62-50)40-22-23-48(57,14-3)33(9)59-40/h15-18,21,24,28-35,38-41,43-44,52,57H,12-14,19-20,22-23,25-27H2,1-11H3,(H,51,54)(H,55,56)/t28-,29-,30+,31-,32-,33-,34+,35-,38+,39-,40+,41+,43+,44-,47-,48+,49-,50-/m0/s1. The third-order valence-electron chi connectivity index (χ3n) is 16.1. The molecule has 1 aromatic carbocycles. The predicted octanol–water partition coefficient (Wildman–Crippen LogP) is 7.63. The van der Waals surface area contributed by atoms with E-state index in [-0.39, 0.29) is 35.5 Å². The van der Waals surface area contributed by atoms with E-state index in [2.05, 4.69) is 26.1 Å². The molecule has 1 amide bonds. The number of aliphatic hydroxyl groups is 2. The Labute approximate surface area is 375 Å². The quantitative estimate of drug-likeness (QED) is 0.127. The molecule has 4 N–H and O–H groups in total. The maximum absolute atomic E-state index is 14.7. The van der Waals surface area contributed by atoms with E-state index in [0.29, 0.717) is 69.1 Å². The largest absolute Gasteiger partial charge is 0.496 e. The first-order chi connectivity index (χ1) is 29.7. The molecule has 0 aromatic heterocycles. The molecule has 0 unspecified atom stereocenters. The normalized spacial score (nSPS) is 40.5. The summed E-state index contributed by atoms with van der Waals surface area (Å²) in [5, 5.41) is 36.2. The first kappa shape index (κ1) is 49.5. The number of nitrogens with one attached hydrogen (secondary N) is 1. The molecule has 1 aromatic rings. The van der Waals surface area contributed by atoms with E-state index < -0.39 is 89.0 Å². The van der Waals surface area contributed by atoms with Crippen molar-refractivity contribution in [2.75, 3.05) is 7.11 Å². The number of carboxylic acids is 1. The Bertz CT molecular complexity index is 1810. The molecule has 63 heavy (non-hydrogen) atoms. The van der Waals surface area contributed by atoms with E-state index in [1.54, 1.807) is 25.1 Å². The van der Waals surface area contributed by atoms with E-state index in [4.69, 9.17) is 28.4 Å². The Kier molecular flexibility index (Phi) is 15.3. The molecule has 4 fully saturated rings. The topological polar surface area (TPSA) is 179 Å². The number of aliphatic hydroxyl groups excluding tert-OH is 1. The maximum atomic E-state index is 14.7. The second-order valence-corrected chi connectivity index (χ2v) is 20.1. The Balaban J connectivity index is 1.27. The second kappa shape index (κ2) is 19.5. The number of methoxy groups -OCH3 is 1. The summed E-state index contributed by atoms with van der Waals surface area (Å²) in [7, 11) is 1.53. The van der Waals surface area contributed by atoms with Crippen LogP contribution in [0.15, 0.2) is 36.4 Å². The molecule has 13 heteroatoms. The van der Waals surface area contributed by atoms with E-state index in [1.165, 1.54) is 7.11 Å². The van der Waals surface area contributed by atoms with Crippen LogP contribution in [0.5, 0.6) is 5.75 Å². The molecule has 5 aliphatic heterocycles. The van der Waals surface area contributed by atoms with Crippen molar-refractivity contribution >= 4 is 17.7 Å². The van der Waals surface area contributed by atoms with Crippen molar-refractivity contribution in [3.8, 4) is 5.75 Å². The number of carbonyl (C=O) groups excluding carboxylic acids is 2. The number of carboxylic acid groups (broad SMARTS) is 1. The lowest BCUT2D eigenvalue weighted by molar-refractivity contribution is -0.397. The lowest BCUT2D eigenvalue weighted by atomic mass is 9.72. The number of aliphatic carboxylic acids is 1. The molecular weight excluding hydrogens is 807 g/mol. The lowest BCUT2D eigenvalue weighted by Gasteiger charge is -2.55. The number of amides is 1. The third kappa shape index (κ3) is 9.54. The van der Waals surface area contributed by atoms with Gasteiger partial charge < -0.3 is 49.1 Å². The van der Waals surface area contributed by atoms with Crippen molar-refractivity contribution < 1.29 is 58.1 Å². The van der Waals surface area contributed by atoms with Gasteiger partial charge in [-0.3, -0.25) is 14.4 Å². The Morgan fingerprint density at radius 2 is 1.60 bits per heavy atom. The zero-order valence-corrected chi connectivity index (χ0v) is 39.6. The summed E-state index contributed by atoms with van der Waals surface area (Å²) in [4.78, 5) is 40.8. The Hall–Kier alpha value is -2.91. The van der Waals surface area contributed by atoms with Crippen LogP contribution < -0.4 is 10.1 Å². The van der Waals surface area contributed by atoms with Crippen molar-refractivity contribution in [3.63, 3.8) is 0 Å². The van der Waals surface area contributed by atoms with Crippen LogP contribution in [-0.2, 0) is 33.3 Å². The highest BCUT2D eigenvalue weighted by Gasteiger charge is 2.63. The van der Waals surface area contributed by atoms with Gasteiger partial charge in [0.05, 0.1) is 66.4 Å². The smallest absolute Gasteiger partial charge is 0.309 e. The minimum Gasteiger partial charge on any atom is -0.496 e. The first-order valence-electron chi connectivity index (χ1n) is 23.9. The van der Waals surface area contributed by atoms with E-state index >= 15 is 0 Å². The van der Waals surface area contributed by atoms with Gasteiger partial charge in [0, 0.05) is 30.1 Å². The second-order valence-electron chi connectivity index (χ2n) is 20.1. The number of carbonyl (C=O) groups is 3. The molecule has 13 nitrogen and oxygen atoms in total. The summed E-state index contributed by atoms with van der Waals surface area (Å²) < 4.78 is 40.2. The molecule has 6 rings (SSSR count). The third-order valence-corrected chi connectivity index (χ3v) is 16.1. The average Bonchev–Trinajstić information content (AvgIpc) is 3.61. The van der Waals surface area contributed by atoms with E-state index in [9.17, 15) is 29.7 Å². The number of ketones is 1. The number of rotatable bonds is 15. The van der Waals surface area contributed by atoms with Crippen LogP contribution in [0, 0.1) is 41.4 Å². The average molecular weight is 884 g/mol. The van der Waals surface area contributed by atoms with Crippen molar-refractivity contribution in [2.24, 2.45) is 41.4 Å². The van der Waals surface area contributed by atoms with Crippen LogP contribution >= 0.6 is 0 Å². The van der Waals surface area contributed by atoms with Gasteiger partial charge in [-0.2, -0.15) is 0 Å². The fourth-order valence-electron chi connectivity index (χ4n) is 11.7. The first-order valence-corrected chi connectivity index (χ1v) is 23.9. The highest BCUT2D eigenvalue weighted by atomic mass is 16.8. The van der Waals surface area contributed by atoms with E-state index in [0.717, 1.165) is 6.42 Å². The molecule has 4 saturated heterocycles. The van der Waals surface area contributed by atoms with Crippen molar-refractivity contribution in [2.45, 2.75) is 199 Å². The van der Waals surface area contributed by atoms with Crippen molar-refractivity contribution in [3.05, 3.63) is 42.0 Å². The van der Waals surface area contributed by atoms with Gasteiger partial charge in [0.2, 0.25) is 0 Å². The molecule has 5 aliphatic rings. The molecule has 354 valence electrons. The summed E-state index contributed by atoms with van der Waals surface area (Å²) >= 11 is 0. The number of Topliss-reactive ketones (excluding diaryl/α,β-unsaturated/α-hetero) is 1. The van der Waals surface area contributed by atoms with Gasteiger partial charge >= 0.3 is 5.97 Å². The molecule has 0 aliphatic carbocycles. The number of hydrogen-bond donors (Lipinski definition) is 4. The molecule has 5 heterocycles. The fourth-order valence-corrected chi connectivity index (χ4v) is 11.7. The summed E-state index contributed by atoms with van der Waals surface area (Å²) in [6.07, 6.45) is 6.30. The van der Waals surface area contributed by atoms with Crippen LogP contribution in [0.3, 0.4) is 0 Å². The summed E-state index contributed by atoms with van der Waals surface area (Å²) in [5.74, 6) is -6.11. The van der Waals surface area contributed by atoms with Crippen LogP contribution in [0.4, 0.5) is 0 Å². The molecule has 0 radical (unpaired) electrons. The molecule has 18 atom stereocenters. The Morgan fingerprint density at radius 3 is 2.24 bits per heavy atom. The molecule has 2 spiro atoms. The van der Waals surface area contributed by atoms with Gasteiger partial charge in [0.25, 0.3) is 5.91 Å². The highest BCUT2D eigenvalue weighted by molar-refractivity contribution is 5.97. The highest BCUT2D eigenvalue weighted by Crippen LogP contribution is 2.54. The van der Waals surface area contributed by atoms with Gasteiger partial charge in [-0.05, 0) is 102 Å². The van der Waals surface area contributed by atoms with Crippen molar-refractivity contribution in [1.29, 1.82) is 0 Å². The minimum atomic E-state index is -1.39. The van der Waals surface area contributed by atoms with Crippen LogP contribution in [0.25, 0.3) is 0 Å². The van der Waals surface area contributed by atoms with Gasteiger partial charge in [0.1, 0.15) is 17.6 Å². The summed E-state index contributed by atoms with van der Waals surface area (Å²) in [5.41, 5.74) is -1.39. The maximum Gasteiger partial charge on any atom is 0.309 e. The number of para-hydroxylation sites is 1. The van der Waals surface area contributed by atoms with Crippen LogP contribution in [0.1, 0.15) is 144 Å². The SMILES string of the molecule is CC[C@@H](C(=O)[C@@H](C)[C@@H](O)[C@H](C)[C@@H]1O[C@@H]([C@@H](CC)C(=O)O)CC[C@@H]1C)[C@H]1O[C@]2(C=C[C@H](NC(=O)c3ccccc3OC)[C@]3(CC[C@@](C)([C@H]4CC[C@](O)(CC)[C@H](C)O4)O3)O2)[C@H](C)C[C@@H]1C. The number of hydrogen-bond acceptors (Lipinski definition) is 11.